The van der Waals surface area contributed by atoms with Crippen molar-refractivity contribution in [3.05, 3.63) is 59.7 Å². The van der Waals surface area contributed by atoms with Crippen LogP contribution in [0.4, 0.5) is 0 Å². The van der Waals surface area contributed by atoms with Crippen LogP contribution < -0.4 is 0 Å². The molecule has 2 aromatic rings. The number of Topliss-reactive ketones (excluding diaryl/α,β-unsaturated/α-hetero) is 1. The number of aromatic hydroxyl groups is 2. The van der Waals surface area contributed by atoms with Gasteiger partial charge in [-0.3, -0.25) is 4.79 Å². The van der Waals surface area contributed by atoms with E-state index in [2.05, 4.69) is 0 Å². The summed E-state index contributed by atoms with van der Waals surface area (Å²) in [7, 11) is 0. The molecule has 2 aromatic carbocycles. The number of hydrogen-bond donors (Lipinski definition) is 2. The number of hydrogen-bond acceptors (Lipinski definition) is 3. The number of rotatable bonds is 3. The van der Waals surface area contributed by atoms with Crippen LogP contribution in [-0.4, -0.2) is 16.0 Å². The smallest absolute Gasteiger partial charge is 0.167 e. The van der Waals surface area contributed by atoms with Gasteiger partial charge in [0.15, 0.2) is 5.78 Å². The summed E-state index contributed by atoms with van der Waals surface area (Å²) in [6.45, 7) is 0. The lowest BCUT2D eigenvalue weighted by Crippen LogP contribution is -2.03. The summed E-state index contributed by atoms with van der Waals surface area (Å²) in [6, 6.07) is 13.0. The van der Waals surface area contributed by atoms with Gasteiger partial charge in [0, 0.05) is 17.5 Å². The topological polar surface area (TPSA) is 57.5 Å². The molecule has 0 bridgehead atoms. The number of phenols is 2. The molecule has 0 aliphatic rings. The highest BCUT2D eigenvalue weighted by Crippen LogP contribution is 2.23. The number of ketones is 1. The Labute approximate surface area is 99.0 Å². The summed E-state index contributed by atoms with van der Waals surface area (Å²) in [4.78, 5) is 11.9. The zero-order chi connectivity index (χ0) is 12.3. The van der Waals surface area contributed by atoms with Crippen molar-refractivity contribution >= 4 is 5.78 Å². The molecule has 3 heteroatoms. The van der Waals surface area contributed by atoms with E-state index in [-0.39, 0.29) is 23.7 Å². The minimum atomic E-state index is -0.0912. The average molecular weight is 228 g/mol. The van der Waals surface area contributed by atoms with Crippen LogP contribution in [0.2, 0.25) is 0 Å². The van der Waals surface area contributed by atoms with Crippen molar-refractivity contribution in [3.8, 4) is 11.5 Å². The SMILES string of the molecule is O=C(Cc1cc(O)ccc1O)c1ccccc1. The normalized spacial score (nSPS) is 10.1. The van der Waals surface area contributed by atoms with Crippen LogP contribution in [0.15, 0.2) is 48.5 Å². The summed E-state index contributed by atoms with van der Waals surface area (Å²) < 4.78 is 0. The Morgan fingerprint density at radius 2 is 1.71 bits per heavy atom. The number of carbonyl (C=O) groups excluding carboxylic acids is 1. The fourth-order valence-corrected chi connectivity index (χ4v) is 1.61. The van der Waals surface area contributed by atoms with Gasteiger partial charge in [0.05, 0.1) is 0 Å². The van der Waals surface area contributed by atoms with Crippen LogP contribution in [0, 0.1) is 0 Å². The molecule has 2 N–H and O–H groups in total. The molecule has 0 saturated heterocycles. The van der Waals surface area contributed by atoms with Gasteiger partial charge < -0.3 is 10.2 Å². The van der Waals surface area contributed by atoms with Crippen molar-refractivity contribution in [2.45, 2.75) is 6.42 Å². The lowest BCUT2D eigenvalue weighted by Gasteiger charge is -2.04. The van der Waals surface area contributed by atoms with Gasteiger partial charge in [-0.2, -0.15) is 0 Å². The second-order valence-corrected chi connectivity index (χ2v) is 3.78. The van der Waals surface area contributed by atoms with Gasteiger partial charge in [0.25, 0.3) is 0 Å². The molecule has 0 amide bonds. The van der Waals surface area contributed by atoms with E-state index in [0.717, 1.165) is 0 Å². The van der Waals surface area contributed by atoms with Gasteiger partial charge >= 0.3 is 0 Å². The maximum Gasteiger partial charge on any atom is 0.167 e. The van der Waals surface area contributed by atoms with Gasteiger partial charge in [0.1, 0.15) is 11.5 Å². The van der Waals surface area contributed by atoms with Crippen LogP contribution in [0.5, 0.6) is 11.5 Å². The minimum absolute atomic E-state index is 0.0204. The van der Waals surface area contributed by atoms with E-state index in [4.69, 9.17) is 0 Å². The van der Waals surface area contributed by atoms with Gasteiger partial charge in [-0.15, -0.1) is 0 Å². The lowest BCUT2D eigenvalue weighted by atomic mass is 10.0. The van der Waals surface area contributed by atoms with Gasteiger partial charge in [-0.1, -0.05) is 30.3 Å². The Balaban J connectivity index is 2.22. The largest absolute Gasteiger partial charge is 0.508 e. The molecule has 0 aliphatic carbocycles. The van der Waals surface area contributed by atoms with Crippen molar-refractivity contribution in [3.63, 3.8) is 0 Å². The van der Waals surface area contributed by atoms with Crippen molar-refractivity contribution < 1.29 is 15.0 Å². The molecule has 0 aliphatic heterocycles. The van der Waals surface area contributed by atoms with E-state index in [9.17, 15) is 15.0 Å². The Hall–Kier alpha value is -2.29. The predicted molar refractivity (Wildman–Crippen MR) is 64.2 cm³/mol. The zero-order valence-electron chi connectivity index (χ0n) is 9.13. The molecular weight excluding hydrogens is 216 g/mol. The standard InChI is InChI=1S/C14H12O3/c15-12-6-7-13(16)11(8-12)9-14(17)10-4-2-1-3-5-10/h1-8,15-16H,9H2. The third-order valence-corrected chi connectivity index (χ3v) is 2.51. The Bertz CT molecular complexity index is 532. The average Bonchev–Trinajstić information content (AvgIpc) is 2.35. The van der Waals surface area contributed by atoms with E-state index >= 15 is 0 Å². The molecule has 0 heterocycles. The summed E-state index contributed by atoms with van der Waals surface area (Å²) in [5, 5.41) is 18.9. The summed E-state index contributed by atoms with van der Waals surface area (Å²) in [6.07, 6.45) is 0.0737. The van der Waals surface area contributed by atoms with E-state index in [0.29, 0.717) is 11.1 Å². The highest BCUT2D eigenvalue weighted by molar-refractivity contribution is 5.97. The lowest BCUT2D eigenvalue weighted by molar-refractivity contribution is 0.0992. The molecular formula is C14H12O3. The highest BCUT2D eigenvalue weighted by Gasteiger charge is 2.10. The maximum absolute atomic E-state index is 11.9. The predicted octanol–water partition coefficient (Wildman–Crippen LogP) is 2.52. The van der Waals surface area contributed by atoms with Crippen molar-refractivity contribution in [2.75, 3.05) is 0 Å². The fourth-order valence-electron chi connectivity index (χ4n) is 1.61. The van der Waals surface area contributed by atoms with Crippen LogP contribution >= 0.6 is 0 Å². The minimum Gasteiger partial charge on any atom is -0.508 e. The van der Waals surface area contributed by atoms with Gasteiger partial charge in [-0.05, 0) is 18.2 Å². The third kappa shape index (κ3) is 2.64. The first kappa shape index (κ1) is 11.2. The molecule has 0 radical (unpaired) electrons. The monoisotopic (exact) mass is 228 g/mol. The third-order valence-electron chi connectivity index (χ3n) is 2.51. The van der Waals surface area contributed by atoms with Crippen LogP contribution in [0.1, 0.15) is 15.9 Å². The molecule has 0 aromatic heterocycles. The summed E-state index contributed by atoms with van der Waals surface area (Å²) >= 11 is 0. The number of phenolic OH excluding ortho intramolecular Hbond substituents is 2. The number of carbonyl (C=O) groups is 1. The van der Waals surface area contributed by atoms with Crippen molar-refractivity contribution in [1.29, 1.82) is 0 Å². The van der Waals surface area contributed by atoms with E-state index < -0.39 is 0 Å². The highest BCUT2D eigenvalue weighted by atomic mass is 16.3. The number of benzene rings is 2. The van der Waals surface area contributed by atoms with Crippen LogP contribution in [0.3, 0.4) is 0 Å². The molecule has 3 nitrogen and oxygen atoms in total. The first-order valence-corrected chi connectivity index (χ1v) is 5.26. The molecule has 0 unspecified atom stereocenters. The molecule has 0 saturated carbocycles. The van der Waals surface area contributed by atoms with Crippen LogP contribution in [-0.2, 0) is 6.42 Å². The van der Waals surface area contributed by atoms with Crippen LogP contribution in [0.25, 0.3) is 0 Å². The Kier molecular flexibility index (Phi) is 3.10. The second kappa shape index (κ2) is 4.70. The van der Waals surface area contributed by atoms with Gasteiger partial charge in [-0.25, -0.2) is 0 Å². The molecule has 0 fully saturated rings. The zero-order valence-corrected chi connectivity index (χ0v) is 9.13. The van der Waals surface area contributed by atoms with Gasteiger partial charge in [0.2, 0.25) is 0 Å². The molecule has 2 rings (SSSR count). The summed E-state index contributed by atoms with van der Waals surface area (Å²) in [5.74, 6) is -0.0303. The Morgan fingerprint density at radius 3 is 2.41 bits per heavy atom. The second-order valence-electron chi connectivity index (χ2n) is 3.78. The Morgan fingerprint density at radius 1 is 1.00 bits per heavy atom. The van der Waals surface area contributed by atoms with Crippen molar-refractivity contribution in [1.82, 2.24) is 0 Å². The molecule has 0 atom stereocenters. The van der Waals surface area contributed by atoms with E-state index in [1.54, 1.807) is 24.3 Å². The molecule has 0 spiro atoms. The summed E-state index contributed by atoms with van der Waals surface area (Å²) in [5.41, 5.74) is 1.02. The maximum atomic E-state index is 11.9. The quantitative estimate of drug-likeness (QED) is 0.627. The fraction of sp³-hybridized carbons (Fsp3) is 0.0714. The van der Waals surface area contributed by atoms with Crippen molar-refractivity contribution in [2.24, 2.45) is 0 Å². The first-order valence-electron chi connectivity index (χ1n) is 5.26. The molecule has 86 valence electrons. The van der Waals surface area contributed by atoms with E-state index in [1.165, 1.54) is 18.2 Å². The molecule has 17 heavy (non-hydrogen) atoms. The first-order chi connectivity index (χ1) is 8.16. The van der Waals surface area contributed by atoms with E-state index in [1.807, 2.05) is 6.07 Å².